The van der Waals surface area contributed by atoms with E-state index >= 15 is 0 Å². The van der Waals surface area contributed by atoms with Gasteiger partial charge in [0.15, 0.2) is 13.1 Å². The van der Waals surface area contributed by atoms with Crippen molar-refractivity contribution in [3.63, 3.8) is 0 Å². The highest BCUT2D eigenvalue weighted by Gasteiger charge is 2.30. The summed E-state index contributed by atoms with van der Waals surface area (Å²) in [6, 6.07) is 7.94. The lowest BCUT2D eigenvalue weighted by Gasteiger charge is -2.28. The van der Waals surface area contributed by atoms with Gasteiger partial charge in [0.05, 0.1) is 37.6 Å². The molecule has 52 heavy (non-hydrogen) atoms. The first-order valence-electron chi connectivity index (χ1n) is 18.2. The molecule has 1 saturated heterocycles. The summed E-state index contributed by atoms with van der Waals surface area (Å²) in [6.07, 6.45) is 15.6. The van der Waals surface area contributed by atoms with Gasteiger partial charge in [0.2, 0.25) is 5.95 Å². The Balaban J connectivity index is 1.15. The van der Waals surface area contributed by atoms with Gasteiger partial charge in [-0.15, -0.1) is 5.10 Å². The molecule has 6 rings (SSSR count). The summed E-state index contributed by atoms with van der Waals surface area (Å²) in [5, 5.41) is 22.2. The molecule has 14 heteroatoms. The van der Waals surface area contributed by atoms with E-state index in [2.05, 4.69) is 69.9 Å². The van der Waals surface area contributed by atoms with E-state index in [0.29, 0.717) is 54.5 Å². The van der Waals surface area contributed by atoms with Crippen LogP contribution in [0.4, 0.5) is 11.6 Å². The predicted octanol–water partition coefficient (Wildman–Crippen LogP) is 5.69. The van der Waals surface area contributed by atoms with E-state index in [1.165, 1.54) is 6.33 Å². The van der Waals surface area contributed by atoms with Gasteiger partial charge in [0.25, 0.3) is 5.88 Å². The summed E-state index contributed by atoms with van der Waals surface area (Å²) in [6.45, 7) is 13.8. The summed E-state index contributed by atoms with van der Waals surface area (Å²) in [5.41, 5.74) is 2.57. The van der Waals surface area contributed by atoms with Crippen LogP contribution in [0.2, 0.25) is 0 Å². The second kappa shape index (κ2) is 16.6. The summed E-state index contributed by atoms with van der Waals surface area (Å²) < 4.78 is 30.0. The number of aromatic nitrogens is 7. The summed E-state index contributed by atoms with van der Waals surface area (Å²) >= 11 is 0. The number of methoxy groups -OCH3 is 1. The second-order valence-electron chi connectivity index (χ2n) is 14.9. The molecule has 0 bridgehead atoms. The van der Waals surface area contributed by atoms with E-state index in [4.69, 9.17) is 24.0 Å². The van der Waals surface area contributed by atoms with Crippen molar-refractivity contribution in [2.45, 2.75) is 91.2 Å². The molecular formula is C38H51N10O4+. The van der Waals surface area contributed by atoms with Gasteiger partial charge >= 0.3 is 0 Å². The molecule has 0 radical (unpaired) electrons. The SMILES string of the molecule is COCC(C)(C)COc1nn(C2CCC(/C=[N+]3/C[C@@H](C)O[C@@H](C)C3)CC2)cc1Nc1ncc(-c2ccc(C#N)c(O[C@@H](C)Cn3cncn3)c2)cn1. The van der Waals surface area contributed by atoms with Crippen molar-refractivity contribution in [1.29, 1.82) is 5.26 Å². The van der Waals surface area contributed by atoms with Gasteiger partial charge in [-0.1, -0.05) is 19.9 Å². The quantitative estimate of drug-likeness (QED) is 0.161. The molecule has 0 amide bonds. The third-order valence-electron chi connectivity index (χ3n) is 9.39. The Morgan fingerprint density at radius 3 is 2.52 bits per heavy atom. The number of benzene rings is 1. The van der Waals surface area contributed by atoms with E-state index in [-0.39, 0.29) is 29.8 Å². The number of nitrogens with zero attached hydrogens (tertiary/aromatic N) is 9. The predicted molar refractivity (Wildman–Crippen MR) is 196 cm³/mol. The van der Waals surface area contributed by atoms with Crippen LogP contribution in [0, 0.1) is 22.7 Å². The third-order valence-corrected chi connectivity index (χ3v) is 9.39. The number of hydrogen-bond acceptors (Lipinski definition) is 11. The standard InChI is InChI=1S/C38H51N10O4/c1-26-17-46(18-27(2)51-26)20-29-7-11-33(12-8-29)48-21-34(36(45-48)50-23-38(4,5)22-49-6)44-37-41-15-32(16-42-37)30-9-10-31(14-39)35(13-30)52-28(3)19-47-25-40-24-43-47/h9-10,13,15-16,20-21,24-29,33H,7-8,11-12,17-19,22-23H2,1-6H3,(H,41,42,44)/q+1/b46-20-/t26-,27+,28+,29?,33?/m1/s1. The maximum atomic E-state index is 9.71. The Kier molecular flexibility index (Phi) is 11.8. The zero-order valence-electron chi connectivity index (χ0n) is 31.1. The van der Waals surface area contributed by atoms with E-state index < -0.39 is 0 Å². The molecular weight excluding hydrogens is 660 g/mol. The molecule has 2 fully saturated rings. The lowest BCUT2D eigenvalue weighted by molar-refractivity contribution is -0.564. The molecule has 4 heterocycles. The molecule has 0 spiro atoms. The van der Waals surface area contributed by atoms with Crippen LogP contribution in [-0.2, 0) is 16.0 Å². The van der Waals surface area contributed by atoms with Crippen LogP contribution in [0.3, 0.4) is 0 Å². The smallest absolute Gasteiger partial charge is 0.256 e. The number of rotatable bonds is 14. The maximum absolute atomic E-state index is 9.71. The van der Waals surface area contributed by atoms with Crippen LogP contribution in [0.5, 0.6) is 11.6 Å². The number of nitriles is 1. The molecule has 0 unspecified atom stereocenters. The number of ether oxygens (including phenoxy) is 4. The van der Waals surface area contributed by atoms with E-state index in [9.17, 15) is 5.26 Å². The number of morpholine rings is 1. The highest BCUT2D eigenvalue weighted by Crippen LogP contribution is 2.36. The van der Waals surface area contributed by atoms with Crippen molar-refractivity contribution >= 4 is 17.9 Å². The fraction of sp³-hybridized carbons (Fsp3) is 0.553. The van der Waals surface area contributed by atoms with Crippen LogP contribution in [0.1, 0.15) is 71.9 Å². The van der Waals surface area contributed by atoms with Gasteiger partial charge < -0.3 is 24.3 Å². The Labute approximate surface area is 305 Å². The topological polar surface area (TPSA) is 150 Å². The minimum absolute atomic E-state index is 0.200. The van der Waals surface area contributed by atoms with E-state index in [1.807, 2.05) is 29.9 Å². The molecule has 1 saturated carbocycles. The fourth-order valence-electron chi connectivity index (χ4n) is 7.00. The molecule has 1 N–H and O–H groups in total. The van der Waals surface area contributed by atoms with Crippen molar-refractivity contribution in [3.8, 4) is 28.8 Å². The van der Waals surface area contributed by atoms with Gasteiger partial charge in [-0.3, -0.25) is 4.68 Å². The van der Waals surface area contributed by atoms with Gasteiger partial charge in [0, 0.05) is 36.4 Å². The third kappa shape index (κ3) is 9.71. The van der Waals surface area contributed by atoms with Crippen LogP contribution < -0.4 is 14.8 Å². The molecule has 4 aromatic rings. The van der Waals surface area contributed by atoms with E-state index in [0.717, 1.165) is 49.9 Å². The fourth-order valence-corrected chi connectivity index (χ4v) is 7.00. The summed E-state index contributed by atoms with van der Waals surface area (Å²) in [5.74, 6) is 1.97. The highest BCUT2D eigenvalue weighted by molar-refractivity contribution is 5.67. The first-order valence-corrected chi connectivity index (χ1v) is 18.2. The molecule has 1 aliphatic carbocycles. The summed E-state index contributed by atoms with van der Waals surface area (Å²) in [7, 11) is 1.70. The second-order valence-corrected chi connectivity index (χ2v) is 14.9. The van der Waals surface area contributed by atoms with Gasteiger partial charge in [0.1, 0.15) is 54.7 Å². The highest BCUT2D eigenvalue weighted by atomic mass is 16.5. The Morgan fingerprint density at radius 2 is 1.85 bits per heavy atom. The lowest BCUT2D eigenvalue weighted by atomic mass is 9.86. The maximum Gasteiger partial charge on any atom is 0.256 e. The molecule has 276 valence electrons. The summed E-state index contributed by atoms with van der Waals surface area (Å²) in [4.78, 5) is 13.2. The van der Waals surface area contributed by atoms with Crippen LogP contribution >= 0.6 is 0 Å². The molecule has 3 atom stereocenters. The van der Waals surface area contributed by atoms with Gasteiger partial charge in [-0.25, -0.2) is 24.2 Å². The molecule has 1 aliphatic heterocycles. The first kappa shape index (κ1) is 36.9. The van der Waals surface area contributed by atoms with Crippen LogP contribution in [0.25, 0.3) is 11.1 Å². The molecule has 3 aromatic heterocycles. The average Bonchev–Trinajstić information content (AvgIpc) is 3.77. The van der Waals surface area contributed by atoms with Gasteiger partial charge in [-0.05, 0) is 64.2 Å². The van der Waals surface area contributed by atoms with Crippen LogP contribution in [0.15, 0.2) is 49.4 Å². The van der Waals surface area contributed by atoms with Crippen molar-refractivity contribution in [3.05, 3.63) is 55.0 Å². The Morgan fingerprint density at radius 1 is 1.10 bits per heavy atom. The number of nitrogens with one attached hydrogen (secondary N) is 1. The zero-order valence-corrected chi connectivity index (χ0v) is 31.1. The van der Waals surface area contributed by atoms with Gasteiger partial charge in [-0.2, -0.15) is 10.4 Å². The van der Waals surface area contributed by atoms with E-state index in [1.54, 1.807) is 36.6 Å². The first-order chi connectivity index (χ1) is 25.1. The largest absolute Gasteiger partial charge is 0.487 e. The minimum Gasteiger partial charge on any atom is -0.487 e. The van der Waals surface area contributed by atoms with Crippen LogP contribution in [-0.4, -0.2) is 97.0 Å². The Bertz CT molecular complexity index is 1810. The minimum atomic E-state index is -0.236. The monoisotopic (exact) mass is 711 g/mol. The molecule has 14 nitrogen and oxygen atoms in total. The molecule has 1 aromatic carbocycles. The lowest BCUT2D eigenvalue weighted by Crippen LogP contribution is -2.41. The van der Waals surface area contributed by atoms with Crippen molar-refractivity contribution in [1.82, 2.24) is 34.5 Å². The number of hydrogen-bond donors (Lipinski definition) is 1. The van der Waals surface area contributed by atoms with Crippen molar-refractivity contribution < 1.29 is 23.5 Å². The zero-order chi connectivity index (χ0) is 36.7. The van der Waals surface area contributed by atoms with Crippen molar-refractivity contribution in [2.24, 2.45) is 11.3 Å². The molecule has 2 aliphatic rings. The Hall–Kier alpha value is -4.87. The van der Waals surface area contributed by atoms with Crippen molar-refractivity contribution in [2.75, 3.05) is 38.7 Å². The number of anilines is 2. The average molecular weight is 712 g/mol. The normalized spacial score (nSPS) is 22.1.